The minimum absolute atomic E-state index is 0.121. The van der Waals surface area contributed by atoms with Gasteiger partial charge in [-0.3, -0.25) is 14.5 Å². The van der Waals surface area contributed by atoms with Gasteiger partial charge in [-0.2, -0.15) is 10.1 Å². The second-order valence-electron chi connectivity index (χ2n) is 12.2. The van der Waals surface area contributed by atoms with Crippen molar-refractivity contribution >= 4 is 30.2 Å². The molecule has 2 atom stereocenters. The maximum Gasteiger partial charge on any atom is 0.415 e. The van der Waals surface area contributed by atoms with Crippen LogP contribution < -0.4 is 16.2 Å². The number of carbonyl (C=O) groups is 2. The number of carbonyl (C=O) groups excluding carboxylic acids is 2. The van der Waals surface area contributed by atoms with Crippen LogP contribution in [0.15, 0.2) is 56.5 Å². The molecular formula is C29H41N7O5. The van der Waals surface area contributed by atoms with Crippen molar-refractivity contribution in [3.05, 3.63) is 52.0 Å². The summed E-state index contributed by atoms with van der Waals surface area (Å²) in [5.41, 5.74) is -1.33. The van der Waals surface area contributed by atoms with E-state index in [1.165, 1.54) is 23.0 Å². The lowest BCUT2D eigenvalue weighted by Gasteiger charge is -2.35. The molecule has 2 saturated carbocycles. The zero-order valence-electron chi connectivity index (χ0n) is 24.7. The first-order valence-corrected chi connectivity index (χ1v) is 14.0. The van der Waals surface area contributed by atoms with Gasteiger partial charge >= 0.3 is 6.09 Å². The molecule has 0 spiro atoms. The van der Waals surface area contributed by atoms with Gasteiger partial charge in [0, 0.05) is 38.1 Å². The Balaban J connectivity index is 1.73. The number of nitrogens with one attached hydrogen (secondary N) is 2. The first kappa shape index (κ1) is 30.0. The third kappa shape index (κ3) is 7.24. The van der Waals surface area contributed by atoms with Crippen LogP contribution in [-0.2, 0) is 9.53 Å². The summed E-state index contributed by atoms with van der Waals surface area (Å²) in [4.78, 5) is 45.4. The van der Waals surface area contributed by atoms with Crippen LogP contribution in [0, 0.1) is 0 Å². The average molecular weight is 568 g/mol. The second kappa shape index (κ2) is 11.5. The number of nitrogens with zero attached hydrogens (tertiary/aromatic N) is 5. The van der Waals surface area contributed by atoms with Crippen molar-refractivity contribution in [2.45, 2.75) is 96.4 Å². The van der Waals surface area contributed by atoms with E-state index in [-0.39, 0.29) is 52.3 Å². The Morgan fingerprint density at radius 1 is 1.29 bits per heavy atom. The molecule has 3 aliphatic rings. The van der Waals surface area contributed by atoms with E-state index in [9.17, 15) is 19.5 Å². The van der Waals surface area contributed by atoms with Gasteiger partial charge in [0.2, 0.25) is 0 Å². The van der Waals surface area contributed by atoms with Gasteiger partial charge in [0.05, 0.1) is 11.2 Å². The number of hydrogen-bond acceptors (Lipinski definition) is 9. The van der Waals surface area contributed by atoms with Crippen LogP contribution in [0.2, 0.25) is 0 Å². The Labute approximate surface area is 240 Å². The molecule has 3 N–H and O–H groups in total. The highest BCUT2D eigenvalue weighted by molar-refractivity contribution is 6.06. The third-order valence-electron chi connectivity index (χ3n) is 7.21. The minimum Gasteiger partial charge on any atom is -0.443 e. The molecule has 2 amide bonds. The van der Waals surface area contributed by atoms with E-state index in [4.69, 9.17) is 4.74 Å². The highest BCUT2D eigenvalue weighted by Crippen LogP contribution is 2.34. The van der Waals surface area contributed by atoms with Crippen LogP contribution in [0.5, 0.6) is 0 Å². The predicted octanol–water partition coefficient (Wildman–Crippen LogP) is 3.67. The molecule has 0 saturated heterocycles. The van der Waals surface area contributed by atoms with E-state index in [0.29, 0.717) is 12.8 Å². The molecule has 4 rings (SSSR count). The summed E-state index contributed by atoms with van der Waals surface area (Å²) in [7, 11) is 1.52. The van der Waals surface area contributed by atoms with Gasteiger partial charge in [-0.05, 0) is 85.3 Å². The van der Waals surface area contributed by atoms with Crippen molar-refractivity contribution in [2.75, 3.05) is 12.4 Å². The standard InChI is InChI=1S/C29H41N7O5/c1-18(25(37)31-19-12-13-19)24-33-22(16-23(36(24)30-6)34(7)27(39)41-28(2,3)4)32-21-11-9-15-35(26(21)38)20-10-8-14-29(5,40)17-20/h9,11,15-16,19-20,40H,6,8,10,12-14,17H2,1-5,7H3,(H,31,37)(H,32,33)/b24-18+/t20-,29+/m1/s1. The van der Waals surface area contributed by atoms with Crippen LogP contribution in [0.25, 0.3) is 0 Å². The number of hydrazone groups is 1. The van der Waals surface area contributed by atoms with Crippen LogP contribution in [0.1, 0.15) is 79.2 Å². The number of rotatable bonds is 6. The fraction of sp³-hybridized carbons (Fsp3) is 0.552. The van der Waals surface area contributed by atoms with E-state index in [1.807, 2.05) is 0 Å². The van der Waals surface area contributed by atoms with Crippen molar-refractivity contribution in [3.63, 3.8) is 0 Å². The maximum absolute atomic E-state index is 13.5. The van der Waals surface area contributed by atoms with Crippen molar-refractivity contribution in [2.24, 2.45) is 10.1 Å². The largest absolute Gasteiger partial charge is 0.443 e. The predicted molar refractivity (Wildman–Crippen MR) is 157 cm³/mol. The van der Waals surface area contributed by atoms with Gasteiger partial charge in [-0.15, -0.1) is 0 Å². The Morgan fingerprint density at radius 2 is 2.00 bits per heavy atom. The Bertz CT molecular complexity index is 1360. The summed E-state index contributed by atoms with van der Waals surface area (Å²) < 4.78 is 7.19. The van der Waals surface area contributed by atoms with E-state index < -0.39 is 17.3 Å². The monoisotopic (exact) mass is 567 g/mol. The summed E-state index contributed by atoms with van der Waals surface area (Å²) in [5, 5.41) is 22.0. The molecule has 2 heterocycles. The molecule has 1 aliphatic heterocycles. The fourth-order valence-corrected chi connectivity index (χ4v) is 4.92. The van der Waals surface area contributed by atoms with Gasteiger partial charge in [0.25, 0.3) is 11.5 Å². The van der Waals surface area contributed by atoms with Gasteiger partial charge < -0.3 is 25.0 Å². The SMILES string of the molecule is C=NN1C(N(C)C(=O)OC(C)(C)C)=CC(Nc2cccn([C@@H]3CCC[C@](C)(O)C3)c2=O)=N/C1=C(/C)C(=O)NC1CC1. The first-order valence-electron chi connectivity index (χ1n) is 14.0. The number of aliphatic hydroxyl groups is 1. The summed E-state index contributed by atoms with van der Waals surface area (Å²) in [5.74, 6) is 0.272. The molecule has 2 fully saturated rings. The lowest BCUT2D eigenvalue weighted by molar-refractivity contribution is -0.117. The molecule has 0 unspecified atom stereocenters. The molecule has 0 bridgehead atoms. The lowest BCUT2D eigenvalue weighted by atomic mass is 9.83. The highest BCUT2D eigenvalue weighted by Gasteiger charge is 2.34. The van der Waals surface area contributed by atoms with Gasteiger partial charge in [0.15, 0.2) is 5.82 Å². The third-order valence-corrected chi connectivity index (χ3v) is 7.21. The molecule has 12 heteroatoms. The topological polar surface area (TPSA) is 141 Å². The Kier molecular flexibility index (Phi) is 8.44. The fourth-order valence-electron chi connectivity index (χ4n) is 4.92. The van der Waals surface area contributed by atoms with Crippen molar-refractivity contribution in [1.82, 2.24) is 19.8 Å². The number of aromatic nitrogens is 1. The smallest absolute Gasteiger partial charge is 0.415 e. The number of amidine groups is 1. The number of aliphatic imine (C=N–C) groups is 1. The molecule has 0 aromatic carbocycles. The number of pyridine rings is 1. The summed E-state index contributed by atoms with van der Waals surface area (Å²) in [6.45, 7) is 12.3. The highest BCUT2D eigenvalue weighted by atomic mass is 16.6. The van der Waals surface area contributed by atoms with Crippen molar-refractivity contribution < 1.29 is 19.4 Å². The quantitative estimate of drug-likeness (QED) is 0.352. The molecule has 222 valence electrons. The summed E-state index contributed by atoms with van der Waals surface area (Å²) >= 11 is 0. The van der Waals surface area contributed by atoms with Crippen LogP contribution in [0.4, 0.5) is 10.5 Å². The van der Waals surface area contributed by atoms with Crippen molar-refractivity contribution in [1.29, 1.82) is 0 Å². The van der Waals surface area contributed by atoms with Crippen LogP contribution in [-0.4, -0.2) is 68.4 Å². The normalized spacial score (nSPS) is 24.1. The molecule has 1 aromatic rings. The Morgan fingerprint density at radius 3 is 2.61 bits per heavy atom. The molecular weight excluding hydrogens is 526 g/mol. The van der Waals surface area contributed by atoms with Crippen LogP contribution >= 0.6 is 0 Å². The zero-order chi connectivity index (χ0) is 30.1. The van der Waals surface area contributed by atoms with E-state index in [0.717, 1.165) is 25.7 Å². The molecule has 41 heavy (non-hydrogen) atoms. The molecule has 1 aromatic heterocycles. The molecule has 2 aliphatic carbocycles. The van der Waals surface area contributed by atoms with Crippen molar-refractivity contribution in [3.8, 4) is 0 Å². The number of anilines is 1. The minimum atomic E-state index is -0.831. The summed E-state index contributed by atoms with van der Waals surface area (Å²) in [6.07, 6.45) is 7.22. The van der Waals surface area contributed by atoms with Gasteiger partial charge in [0.1, 0.15) is 22.9 Å². The summed E-state index contributed by atoms with van der Waals surface area (Å²) in [6, 6.07) is 3.38. The van der Waals surface area contributed by atoms with E-state index >= 15 is 0 Å². The number of amides is 2. The zero-order valence-corrected chi connectivity index (χ0v) is 24.7. The first-order chi connectivity index (χ1) is 19.2. The maximum atomic E-state index is 13.5. The lowest BCUT2D eigenvalue weighted by Crippen LogP contribution is -2.41. The molecule has 12 nitrogen and oxygen atoms in total. The van der Waals surface area contributed by atoms with Gasteiger partial charge in [-0.25, -0.2) is 9.79 Å². The average Bonchev–Trinajstić information content (AvgIpc) is 3.70. The van der Waals surface area contributed by atoms with E-state index in [2.05, 4.69) is 27.4 Å². The Hall–Kier alpha value is -3.93. The van der Waals surface area contributed by atoms with Crippen LogP contribution in [0.3, 0.4) is 0 Å². The van der Waals surface area contributed by atoms with Gasteiger partial charge in [-0.1, -0.05) is 0 Å². The number of ether oxygens (including phenoxy) is 1. The van der Waals surface area contributed by atoms with E-state index in [1.54, 1.807) is 57.5 Å². The number of hydrogen-bond donors (Lipinski definition) is 3. The molecule has 0 radical (unpaired) electrons. The second-order valence-corrected chi connectivity index (χ2v) is 12.2.